The minimum absolute atomic E-state index is 0.112. The molecule has 1 saturated carbocycles. The van der Waals surface area contributed by atoms with Crippen molar-refractivity contribution in [2.24, 2.45) is 28.9 Å². The van der Waals surface area contributed by atoms with Crippen molar-refractivity contribution >= 4 is 5.97 Å². The second-order valence-electron chi connectivity index (χ2n) is 7.02. The second kappa shape index (κ2) is 6.04. The van der Waals surface area contributed by atoms with Gasteiger partial charge in [0.2, 0.25) is 0 Å². The van der Waals surface area contributed by atoms with E-state index in [1.54, 1.807) is 0 Å². The summed E-state index contributed by atoms with van der Waals surface area (Å²) in [5, 5.41) is 0. The van der Waals surface area contributed by atoms with E-state index >= 15 is 0 Å². The Hall–Kier alpha value is -1.35. The normalized spacial score (nSPS) is 30.6. The third-order valence-corrected chi connectivity index (χ3v) is 5.53. The van der Waals surface area contributed by atoms with Crippen LogP contribution in [0.25, 0.3) is 0 Å². The van der Waals surface area contributed by atoms with Crippen molar-refractivity contribution < 1.29 is 9.53 Å². The van der Waals surface area contributed by atoms with Gasteiger partial charge in [0.05, 0.1) is 6.61 Å². The van der Waals surface area contributed by atoms with Gasteiger partial charge in [-0.25, -0.2) is 0 Å². The molecule has 2 rings (SSSR count). The maximum absolute atomic E-state index is 13.0. The van der Waals surface area contributed by atoms with Crippen molar-refractivity contribution in [2.75, 3.05) is 13.2 Å². The van der Waals surface area contributed by atoms with Crippen LogP contribution in [0.1, 0.15) is 40.2 Å². The number of hydrogen-bond donors (Lipinski definition) is 1. The van der Waals surface area contributed by atoms with Crippen LogP contribution < -0.4 is 5.73 Å². The van der Waals surface area contributed by atoms with Crippen LogP contribution in [-0.2, 0) is 14.9 Å². The first kappa shape index (κ1) is 17.0. The standard InChI is InChI=1S/C19H29NO2/c1-6-22-17(21)19(15-10-8-7-9-11-15)16(13(2)3)18(19,12-20)14(4)5/h7-11,13-14,16H,6,12,20H2,1-5H3. The molecule has 1 aromatic carbocycles. The molecule has 0 bridgehead atoms. The largest absolute Gasteiger partial charge is 0.465 e. The highest BCUT2D eigenvalue weighted by molar-refractivity contribution is 5.90. The summed E-state index contributed by atoms with van der Waals surface area (Å²) in [6.07, 6.45) is 0. The predicted octanol–water partition coefficient (Wildman–Crippen LogP) is 3.37. The van der Waals surface area contributed by atoms with Gasteiger partial charge in [-0.05, 0) is 36.8 Å². The Bertz CT molecular complexity index is 525. The highest BCUT2D eigenvalue weighted by atomic mass is 16.5. The molecule has 3 atom stereocenters. The number of rotatable bonds is 6. The van der Waals surface area contributed by atoms with Crippen LogP contribution in [0.2, 0.25) is 0 Å². The van der Waals surface area contributed by atoms with Gasteiger partial charge < -0.3 is 10.5 Å². The average Bonchev–Trinajstić information content (AvgIpc) is 3.15. The molecule has 0 amide bonds. The summed E-state index contributed by atoms with van der Waals surface area (Å²) in [5.41, 5.74) is 6.45. The SMILES string of the molecule is CCOC(=O)C1(c2ccccc2)C(C(C)C)C1(CN)C(C)C. The van der Waals surface area contributed by atoms with Crippen LogP contribution in [0.15, 0.2) is 30.3 Å². The number of esters is 1. The minimum atomic E-state index is -0.610. The lowest BCUT2D eigenvalue weighted by atomic mass is 9.79. The summed E-state index contributed by atoms with van der Waals surface area (Å²) < 4.78 is 5.52. The van der Waals surface area contributed by atoms with Gasteiger partial charge in [-0.2, -0.15) is 0 Å². The Morgan fingerprint density at radius 1 is 1.23 bits per heavy atom. The quantitative estimate of drug-likeness (QED) is 0.820. The van der Waals surface area contributed by atoms with Crippen molar-refractivity contribution in [3.8, 4) is 0 Å². The zero-order chi connectivity index (χ0) is 16.5. The molecule has 3 nitrogen and oxygen atoms in total. The summed E-state index contributed by atoms with van der Waals surface area (Å²) in [5.74, 6) is 0.788. The van der Waals surface area contributed by atoms with Gasteiger partial charge in [-0.1, -0.05) is 58.0 Å². The molecule has 3 unspecified atom stereocenters. The lowest BCUT2D eigenvalue weighted by molar-refractivity contribution is -0.148. The second-order valence-corrected chi connectivity index (χ2v) is 7.02. The zero-order valence-corrected chi connectivity index (χ0v) is 14.4. The molecule has 22 heavy (non-hydrogen) atoms. The first-order chi connectivity index (χ1) is 10.4. The van der Waals surface area contributed by atoms with Gasteiger partial charge in [0.15, 0.2) is 0 Å². The van der Waals surface area contributed by atoms with Crippen LogP contribution >= 0.6 is 0 Å². The number of benzene rings is 1. The van der Waals surface area contributed by atoms with E-state index in [0.29, 0.717) is 25.0 Å². The van der Waals surface area contributed by atoms with Crippen molar-refractivity contribution in [1.29, 1.82) is 0 Å². The van der Waals surface area contributed by atoms with E-state index in [2.05, 4.69) is 27.7 Å². The molecule has 0 heterocycles. The molecule has 3 heteroatoms. The zero-order valence-electron chi connectivity index (χ0n) is 14.4. The van der Waals surface area contributed by atoms with Gasteiger partial charge in [0.1, 0.15) is 5.41 Å². The first-order valence-corrected chi connectivity index (χ1v) is 8.34. The number of ether oxygens (including phenoxy) is 1. The Morgan fingerprint density at radius 3 is 2.18 bits per heavy atom. The van der Waals surface area contributed by atoms with Crippen LogP contribution in [0, 0.1) is 23.2 Å². The molecule has 122 valence electrons. The van der Waals surface area contributed by atoms with Crippen molar-refractivity contribution in [3.63, 3.8) is 0 Å². The number of carbonyl (C=O) groups excluding carboxylic acids is 1. The van der Waals surface area contributed by atoms with Gasteiger partial charge in [-0.3, -0.25) is 4.79 Å². The fourth-order valence-corrected chi connectivity index (χ4v) is 4.85. The topological polar surface area (TPSA) is 52.3 Å². The Labute approximate surface area is 134 Å². The Balaban J connectivity index is 2.66. The van der Waals surface area contributed by atoms with Crippen molar-refractivity contribution in [2.45, 2.75) is 40.0 Å². The number of nitrogens with two attached hydrogens (primary N) is 1. The fourth-order valence-electron chi connectivity index (χ4n) is 4.85. The summed E-state index contributed by atoms with van der Waals surface area (Å²) in [4.78, 5) is 13.0. The third-order valence-electron chi connectivity index (χ3n) is 5.53. The molecule has 0 spiro atoms. The maximum Gasteiger partial charge on any atom is 0.317 e. The third kappa shape index (κ3) is 2.02. The number of carbonyl (C=O) groups is 1. The van der Waals surface area contributed by atoms with E-state index in [1.807, 2.05) is 37.3 Å². The monoisotopic (exact) mass is 303 g/mol. The smallest absolute Gasteiger partial charge is 0.317 e. The molecule has 0 saturated heterocycles. The van der Waals surface area contributed by atoms with Crippen molar-refractivity contribution in [1.82, 2.24) is 0 Å². The molecule has 0 aromatic heterocycles. The lowest BCUT2D eigenvalue weighted by Gasteiger charge is -2.27. The van der Waals surface area contributed by atoms with Gasteiger partial charge in [0, 0.05) is 5.41 Å². The average molecular weight is 303 g/mol. The minimum Gasteiger partial charge on any atom is -0.465 e. The molecule has 0 aliphatic heterocycles. The van der Waals surface area contributed by atoms with Crippen LogP contribution in [-0.4, -0.2) is 19.1 Å². The molecular weight excluding hydrogens is 274 g/mol. The molecule has 0 radical (unpaired) electrons. The fraction of sp³-hybridized carbons (Fsp3) is 0.632. The van der Waals surface area contributed by atoms with Gasteiger partial charge >= 0.3 is 5.97 Å². The molecule has 1 fully saturated rings. The van der Waals surface area contributed by atoms with Crippen LogP contribution in [0.3, 0.4) is 0 Å². The highest BCUT2D eigenvalue weighted by Crippen LogP contribution is 2.75. The Morgan fingerprint density at radius 2 is 1.82 bits per heavy atom. The van der Waals surface area contributed by atoms with E-state index in [9.17, 15) is 4.79 Å². The van der Waals surface area contributed by atoms with E-state index in [4.69, 9.17) is 10.5 Å². The van der Waals surface area contributed by atoms with E-state index in [1.165, 1.54) is 0 Å². The highest BCUT2D eigenvalue weighted by Gasteiger charge is 2.82. The molecule has 1 aliphatic carbocycles. The molecule has 2 N–H and O–H groups in total. The summed E-state index contributed by atoms with van der Waals surface area (Å²) in [6.45, 7) is 11.5. The van der Waals surface area contributed by atoms with E-state index < -0.39 is 5.41 Å². The van der Waals surface area contributed by atoms with Gasteiger partial charge in [-0.15, -0.1) is 0 Å². The first-order valence-electron chi connectivity index (χ1n) is 8.34. The van der Waals surface area contributed by atoms with E-state index in [0.717, 1.165) is 5.56 Å². The molecule has 1 aromatic rings. The van der Waals surface area contributed by atoms with E-state index in [-0.39, 0.29) is 17.3 Å². The Kier molecular flexibility index (Phi) is 4.67. The summed E-state index contributed by atoms with van der Waals surface area (Å²) >= 11 is 0. The maximum atomic E-state index is 13.0. The number of hydrogen-bond acceptors (Lipinski definition) is 3. The van der Waals surface area contributed by atoms with Crippen molar-refractivity contribution in [3.05, 3.63) is 35.9 Å². The predicted molar refractivity (Wildman–Crippen MR) is 89.4 cm³/mol. The van der Waals surface area contributed by atoms with Crippen LogP contribution in [0.4, 0.5) is 0 Å². The lowest BCUT2D eigenvalue weighted by Crippen LogP contribution is -2.37. The summed E-state index contributed by atoms with van der Waals surface area (Å²) in [6, 6.07) is 10.1. The molecule has 1 aliphatic rings. The van der Waals surface area contributed by atoms with Crippen LogP contribution in [0.5, 0.6) is 0 Å². The van der Waals surface area contributed by atoms with Gasteiger partial charge in [0.25, 0.3) is 0 Å². The molecular formula is C19H29NO2. The summed E-state index contributed by atoms with van der Waals surface area (Å²) in [7, 11) is 0.